The fraction of sp³-hybridized carbons (Fsp3) is 0.105. The smallest absolute Gasteiger partial charge is 0.238 e. The van der Waals surface area contributed by atoms with E-state index < -0.39 is 5.78 Å². The highest BCUT2D eigenvalue weighted by Crippen LogP contribution is 2.24. The van der Waals surface area contributed by atoms with Crippen LogP contribution in [0.2, 0.25) is 5.15 Å². The molecule has 0 amide bonds. The molecule has 2 aromatic heterocycles. The molecule has 0 saturated heterocycles. The molecule has 0 spiro atoms. The number of rotatable bonds is 5. The SMILES string of the molecule is Cc1nn(Cc2ccc(F)cc2)c(Cl)c1/C=C(\C#N)C(=O)c1ccco1. The number of benzene rings is 1. The molecule has 0 aliphatic heterocycles. The normalized spacial score (nSPS) is 11.4. The number of Topliss-reactive ketones (excluding diaryl/α,β-unsaturated/α-hetero) is 1. The van der Waals surface area contributed by atoms with Gasteiger partial charge in [0.25, 0.3) is 0 Å². The second-order valence-corrected chi connectivity index (χ2v) is 5.91. The topological polar surface area (TPSA) is 71.8 Å². The van der Waals surface area contributed by atoms with E-state index in [1.165, 1.54) is 35.2 Å². The Morgan fingerprint density at radius 2 is 2.12 bits per heavy atom. The molecule has 3 aromatic rings. The number of nitrogens with zero attached hydrogens (tertiary/aromatic N) is 3. The monoisotopic (exact) mass is 369 g/mol. The van der Waals surface area contributed by atoms with Crippen LogP contribution in [0.4, 0.5) is 4.39 Å². The summed E-state index contributed by atoms with van der Waals surface area (Å²) in [5.41, 5.74) is 1.76. The minimum atomic E-state index is -0.528. The summed E-state index contributed by atoms with van der Waals surface area (Å²) in [4.78, 5) is 12.3. The molecule has 0 radical (unpaired) electrons. The molecule has 1 aromatic carbocycles. The number of nitriles is 1. The van der Waals surface area contributed by atoms with Crippen LogP contribution in [0.5, 0.6) is 0 Å². The Labute approximate surface area is 153 Å². The molecular weight excluding hydrogens is 357 g/mol. The summed E-state index contributed by atoms with van der Waals surface area (Å²) in [7, 11) is 0. The maximum Gasteiger partial charge on any atom is 0.238 e. The maximum absolute atomic E-state index is 13.0. The van der Waals surface area contributed by atoms with Crippen LogP contribution < -0.4 is 0 Å². The van der Waals surface area contributed by atoms with Gasteiger partial charge < -0.3 is 4.42 Å². The minimum absolute atomic E-state index is 0.0743. The van der Waals surface area contributed by atoms with Crippen molar-refractivity contribution in [2.24, 2.45) is 0 Å². The maximum atomic E-state index is 13.0. The fourth-order valence-electron chi connectivity index (χ4n) is 2.43. The van der Waals surface area contributed by atoms with Gasteiger partial charge in [0.15, 0.2) is 5.76 Å². The first-order valence-electron chi connectivity index (χ1n) is 7.67. The molecule has 0 N–H and O–H groups in total. The summed E-state index contributed by atoms with van der Waals surface area (Å²) in [6, 6.07) is 10.9. The van der Waals surface area contributed by atoms with Gasteiger partial charge in [0, 0.05) is 5.56 Å². The molecule has 0 aliphatic rings. The van der Waals surface area contributed by atoms with Crippen LogP contribution >= 0.6 is 11.6 Å². The lowest BCUT2D eigenvalue weighted by Gasteiger charge is -2.03. The van der Waals surface area contributed by atoms with Crippen molar-refractivity contribution < 1.29 is 13.6 Å². The Morgan fingerprint density at radius 1 is 1.38 bits per heavy atom. The van der Waals surface area contributed by atoms with E-state index in [0.717, 1.165) is 5.56 Å². The Bertz CT molecular complexity index is 1010. The second-order valence-electron chi connectivity index (χ2n) is 5.55. The van der Waals surface area contributed by atoms with Gasteiger partial charge >= 0.3 is 0 Å². The zero-order valence-electron chi connectivity index (χ0n) is 13.7. The quantitative estimate of drug-likeness (QED) is 0.379. The van der Waals surface area contributed by atoms with Gasteiger partial charge in [-0.15, -0.1) is 0 Å². The van der Waals surface area contributed by atoms with Crippen molar-refractivity contribution in [1.82, 2.24) is 9.78 Å². The number of hydrogen-bond acceptors (Lipinski definition) is 4. The number of aryl methyl sites for hydroxylation is 1. The van der Waals surface area contributed by atoms with E-state index in [2.05, 4.69) is 5.10 Å². The molecule has 130 valence electrons. The first kappa shape index (κ1) is 17.6. The number of carbonyl (C=O) groups is 1. The molecule has 0 saturated carbocycles. The van der Waals surface area contributed by atoms with Gasteiger partial charge in [-0.3, -0.25) is 4.79 Å². The molecule has 2 heterocycles. The van der Waals surface area contributed by atoms with E-state index in [1.807, 2.05) is 6.07 Å². The van der Waals surface area contributed by atoms with Crippen LogP contribution in [0.3, 0.4) is 0 Å². The Balaban J connectivity index is 1.93. The number of halogens is 2. The highest BCUT2D eigenvalue weighted by molar-refractivity contribution is 6.31. The van der Waals surface area contributed by atoms with E-state index in [4.69, 9.17) is 16.0 Å². The lowest BCUT2D eigenvalue weighted by atomic mass is 10.1. The summed E-state index contributed by atoms with van der Waals surface area (Å²) in [5, 5.41) is 13.9. The van der Waals surface area contributed by atoms with E-state index >= 15 is 0 Å². The number of aromatic nitrogens is 2. The molecule has 3 rings (SSSR count). The average Bonchev–Trinajstić information content (AvgIpc) is 3.25. The molecule has 0 bridgehead atoms. The van der Waals surface area contributed by atoms with Crippen LogP contribution in [-0.4, -0.2) is 15.6 Å². The highest BCUT2D eigenvalue weighted by atomic mass is 35.5. The highest BCUT2D eigenvalue weighted by Gasteiger charge is 2.18. The number of allylic oxidation sites excluding steroid dienone is 1. The van der Waals surface area contributed by atoms with Crippen molar-refractivity contribution in [1.29, 1.82) is 5.26 Å². The molecular formula is C19H13ClFN3O2. The van der Waals surface area contributed by atoms with Gasteiger partial charge in [0.2, 0.25) is 5.78 Å². The molecule has 0 aliphatic carbocycles. The first-order valence-corrected chi connectivity index (χ1v) is 8.04. The lowest BCUT2D eigenvalue weighted by molar-refractivity contribution is 0.101. The average molecular weight is 370 g/mol. The third-order valence-electron chi connectivity index (χ3n) is 3.75. The van der Waals surface area contributed by atoms with Crippen molar-refractivity contribution >= 4 is 23.5 Å². The van der Waals surface area contributed by atoms with Crippen molar-refractivity contribution in [3.8, 4) is 6.07 Å². The molecule has 26 heavy (non-hydrogen) atoms. The number of carbonyl (C=O) groups excluding carboxylic acids is 1. The van der Waals surface area contributed by atoms with Crippen LogP contribution in [0, 0.1) is 24.1 Å². The predicted octanol–water partition coefficient (Wildman–Crippen LogP) is 4.42. The van der Waals surface area contributed by atoms with E-state index in [-0.39, 0.29) is 22.3 Å². The van der Waals surface area contributed by atoms with Gasteiger partial charge in [-0.1, -0.05) is 23.7 Å². The zero-order valence-corrected chi connectivity index (χ0v) is 14.5. The zero-order chi connectivity index (χ0) is 18.7. The van der Waals surface area contributed by atoms with Gasteiger partial charge in [0.1, 0.15) is 22.6 Å². The molecule has 7 heteroatoms. The molecule has 0 atom stereocenters. The first-order chi connectivity index (χ1) is 12.5. The Hall–Kier alpha value is -3.17. The molecule has 0 unspecified atom stereocenters. The molecule has 0 fully saturated rings. The number of ketones is 1. The minimum Gasteiger partial charge on any atom is -0.461 e. The number of hydrogen-bond donors (Lipinski definition) is 0. The largest absolute Gasteiger partial charge is 0.461 e. The van der Waals surface area contributed by atoms with Gasteiger partial charge in [-0.05, 0) is 42.8 Å². The summed E-state index contributed by atoms with van der Waals surface area (Å²) in [5.74, 6) is -0.778. The Kier molecular flexibility index (Phi) is 5.01. The fourth-order valence-corrected chi connectivity index (χ4v) is 2.72. The van der Waals surface area contributed by atoms with Crippen LogP contribution in [0.25, 0.3) is 6.08 Å². The third kappa shape index (κ3) is 3.58. The van der Waals surface area contributed by atoms with Crippen molar-refractivity contribution in [2.45, 2.75) is 13.5 Å². The second kappa shape index (κ2) is 7.38. The van der Waals surface area contributed by atoms with Gasteiger partial charge in [-0.25, -0.2) is 9.07 Å². The third-order valence-corrected chi connectivity index (χ3v) is 4.15. The van der Waals surface area contributed by atoms with Gasteiger partial charge in [0.05, 0.1) is 18.5 Å². The van der Waals surface area contributed by atoms with Crippen molar-refractivity contribution in [2.75, 3.05) is 0 Å². The van der Waals surface area contributed by atoms with E-state index in [1.54, 1.807) is 25.1 Å². The summed E-state index contributed by atoms with van der Waals surface area (Å²) in [6.07, 6.45) is 2.76. The van der Waals surface area contributed by atoms with E-state index in [9.17, 15) is 14.4 Å². The Morgan fingerprint density at radius 3 is 2.73 bits per heavy atom. The van der Waals surface area contributed by atoms with Crippen LogP contribution in [0.1, 0.15) is 27.4 Å². The van der Waals surface area contributed by atoms with Crippen molar-refractivity contribution in [3.05, 3.63) is 81.8 Å². The van der Waals surface area contributed by atoms with Gasteiger partial charge in [-0.2, -0.15) is 10.4 Å². The summed E-state index contributed by atoms with van der Waals surface area (Å²) < 4.78 is 19.6. The lowest BCUT2D eigenvalue weighted by Crippen LogP contribution is -2.02. The summed E-state index contributed by atoms with van der Waals surface area (Å²) >= 11 is 6.38. The van der Waals surface area contributed by atoms with Crippen LogP contribution in [-0.2, 0) is 6.54 Å². The number of furan rings is 1. The van der Waals surface area contributed by atoms with Crippen molar-refractivity contribution in [3.63, 3.8) is 0 Å². The molecule has 5 nitrogen and oxygen atoms in total. The summed E-state index contributed by atoms with van der Waals surface area (Å²) in [6.45, 7) is 2.06. The van der Waals surface area contributed by atoms with Crippen LogP contribution in [0.15, 0.2) is 52.7 Å². The standard InChI is InChI=1S/C19H13ClFN3O2/c1-12-16(9-14(10-22)18(25)17-3-2-8-26-17)19(20)24(23-12)11-13-4-6-15(21)7-5-13/h2-9H,11H2,1H3/b14-9+. The van der Waals surface area contributed by atoms with E-state index in [0.29, 0.717) is 17.8 Å². The predicted molar refractivity (Wildman–Crippen MR) is 94.1 cm³/mol.